The fraction of sp³-hybridized carbons (Fsp3) is 0.333. The first-order valence-corrected chi connectivity index (χ1v) is 6.75. The van der Waals surface area contributed by atoms with Gasteiger partial charge in [-0.1, -0.05) is 18.1 Å². The van der Waals surface area contributed by atoms with Crippen molar-refractivity contribution in [2.24, 2.45) is 5.14 Å². The Balaban J connectivity index is 2.87. The predicted octanol–water partition coefficient (Wildman–Crippen LogP) is 1.01. The number of rotatable bonds is 4. The van der Waals surface area contributed by atoms with Crippen LogP contribution in [0.4, 0.5) is 0 Å². The number of benzene rings is 1. The zero-order valence-corrected chi connectivity index (χ0v) is 10.7. The molecule has 0 fully saturated rings. The van der Waals surface area contributed by atoms with Crippen molar-refractivity contribution in [3.05, 3.63) is 29.8 Å². The fourth-order valence-electron chi connectivity index (χ4n) is 1.37. The molecule has 0 aromatic heterocycles. The van der Waals surface area contributed by atoms with Crippen LogP contribution in [0.2, 0.25) is 0 Å². The van der Waals surface area contributed by atoms with Crippen molar-refractivity contribution in [2.45, 2.75) is 24.8 Å². The Morgan fingerprint density at radius 1 is 1.47 bits per heavy atom. The van der Waals surface area contributed by atoms with E-state index in [2.05, 4.69) is 17.2 Å². The highest BCUT2D eigenvalue weighted by molar-refractivity contribution is 7.89. The van der Waals surface area contributed by atoms with Crippen LogP contribution in [0, 0.1) is 11.8 Å². The monoisotopic (exact) mass is 252 g/mol. The predicted molar refractivity (Wildman–Crippen MR) is 67.7 cm³/mol. The summed E-state index contributed by atoms with van der Waals surface area (Å²) in [4.78, 5) is 0.130. The van der Waals surface area contributed by atoms with E-state index >= 15 is 0 Å². The Morgan fingerprint density at radius 2 is 2.18 bits per heavy atom. The van der Waals surface area contributed by atoms with Gasteiger partial charge in [0.1, 0.15) is 0 Å². The van der Waals surface area contributed by atoms with Gasteiger partial charge in [-0.15, -0.1) is 5.92 Å². The van der Waals surface area contributed by atoms with Gasteiger partial charge in [-0.3, -0.25) is 5.32 Å². The van der Waals surface area contributed by atoms with Crippen molar-refractivity contribution in [1.29, 1.82) is 0 Å². The molecule has 1 aromatic carbocycles. The molecular formula is C12H16N2O2S. The summed E-state index contributed by atoms with van der Waals surface area (Å²) < 4.78 is 22.4. The third-order valence-corrected chi connectivity index (χ3v) is 3.27. The lowest BCUT2D eigenvalue weighted by molar-refractivity contribution is 0.596. The van der Waals surface area contributed by atoms with Gasteiger partial charge in [0.15, 0.2) is 0 Å². The van der Waals surface area contributed by atoms with Crippen LogP contribution < -0.4 is 10.5 Å². The Kier molecular flexibility index (Phi) is 4.70. The molecule has 3 N–H and O–H groups in total. The molecule has 17 heavy (non-hydrogen) atoms. The molecule has 0 aliphatic carbocycles. The van der Waals surface area contributed by atoms with E-state index in [1.54, 1.807) is 19.1 Å². The molecule has 5 heteroatoms. The maximum absolute atomic E-state index is 11.2. The third kappa shape index (κ3) is 4.19. The molecule has 0 aliphatic heterocycles. The molecule has 1 unspecified atom stereocenters. The molecule has 1 aromatic rings. The van der Waals surface area contributed by atoms with Gasteiger partial charge in [-0.25, -0.2) is 13.6 Å². The first-order valence-electron chi connectivity index (χ1n) is 5.21. The Labute approximate surface area is 102 Å². The summed E-state index contributed by atoms with van der Waals surface area (Å²) in [7, 11) is -3.64. The van der Waals surface area contributed by atoms with Gasteiger partial charge in [0.25, 0.3) is 0 Å². The van der Waals surface area contributed by atoms with E-state index in [-0.39, 0.29) is 10.9 Å². The highest BCUT2D eigenvalue weighted by atomic mass is 32.2. The maximum atomic E-state index is 11.2. The normalized spacial score (nSPS) is 12.6. The Morgan fingerprint density at radius 3 is 2.76 bits per heavy atom. The summed E-state index contributed by atoms with van der Waals surface area (Å²) in [5, 5.41) is 8.25. The smallest absolute Gasteiger partial charge is 0.238 e. The summed E-state index contributed by atoms with van der Waals surface area (Å²) in [6, 6.07) is 6.62. The SMILES string of the molecule is CC#CCNC(C)c1cccc(S(N)(=O)=O)c1. The van der Waals surface area contributed by atoms with E-state index in [9.17, 15) is 8.42 Å². The first-order chi connectivity index (χ1) is 7.95. The molecule has 0 heterocycles. The van der Waals surface area contributed by atoms with Crippen molar-refractivity contribution < 1.29 is 8.42 Å². The van der Waals surface area contributed by atoms with Crippen LogP contribution in [0.1, 0.15) is 25.5 Å². The van der Waals surface area contributed by atoms with Crippen LogP contribution in [-0.2, 0) is 10.0 Å². The van der Waals surface area contributed by atoms with E-state index in [0.717, 1.165) is 5.56 Å². The van der Waals surface area contributed by atoms with Gasteiger partial charge < -0.3 is 0 Å². The average Bonchev–Trinajstić information content (AvgIpc) is 2.28. The molecule has 0 radical (unpaired) electrons. The van der Waals surface area contributed by atoms with E-state index < -0.39 is 10.0 Å². The van der Waals surface area contributed by atoms with Crippen molar-refractivity contribution in [2.75, 3.05) is 6.54 Å². The molecular weight excluding hydrogens is 236 g/mol. The standard InChI is InChI=1S/C12H16N2O2S/c1-3-4-8-14-10(2)11-6-5-7-12(9-11)17(13,15)16/h5-7,9-10,14H,8H2,1-2H3,(H2,13,15,16). The second-order valence-electron chi connectivity index (χ2n) is 3.65. The second-order valence-corrected chi connectivity index (χ2v) is 5.21. The minimum absolute atomic E-state index is 0.0255. The highest BCUT2D eigenvalue weighted by Crippen LogP contribution is 2.16. The minimum atomic E-state index is -3.64. The number of hydrogen-bond donors (Lipinski definition) is 2. The van der Waals surface area contributed by atoms with E-state index in [4.69, 9.17) is 5.14 Å². The molecule has 1 rings (SSSR count). The molecule has 0 saturated heterocycles. The number of primary sulfonamides is 1. The summed E-state index contributed by atoms with van der Waals surface area (Å²) in [5.74, 6) is 5.67. The van der Waals surface area contributed by atoms with Crippen molar-refractivity contribution >= 4 is 10.0 Å². The molecule has 1 atom stereocenters. The highest BCUT2D eigenvalue weighted by Gasteiger charge is 2.10. The maximum Gasteiger partial charge on any atom is 0.238 e. The lowest BCUT2D eigenvalue weighted by Crippen LogP contribution is -2.19. The fourth-order valence-corrected chi connectivity index (χ4v) is 1.94. The summed E-state index contributed by atoms with van der Waals surface area (Å²) >= 11 is 0. The van der Waals surface area contributed by atoms with E-state index in [1.807, 2.05) is 13.0 Å². The zero-order valence-electron chi connectivity index (χ0n) is 9.90. The van der Waals surface area contributed by atoms with Crippen molar-refractivity contribution in [3.8, 4) is 11.8 Å². The van der Waals surface area contributed by atoms with Crippen LogP contribution in [0.15, 0.2) is 29.2 Å². The van der Waals surface area contributed by atoms with Crippen LogP contribution in [-0.4, -0.2) is 15.0 Å². The van der Waals surface area contributed by atoms with Gasteiger partial charge >= 0.3 is 0 Å². The van der Waals surface area contributed by atoms with Crippen molar-refractivity contribution in [3.63, 3.8) is 0 Å². The van der Waals surface area contributed by atoms with Gasteiger partial charge in [-0.2, -0.15) is 0 Å². The summed E-state index contributed by atoms with van der Waals surface area (Å²) in [5.41, 5.74) is 0.870. The lowest BCUT2D eigenvalue weighted by Gasteiger charge is -2.12. The van der Waals surface area contributed by atoms with Gasteiger partial charge in [-0.05, 0) is 31.5 Å². The second kappa shape index (κ2) is 5.82. The summed E-state index contributed by atoms with van der Waals surface area (Å²) in [6.07, 6.45) is 0. The van der Waals surface area contributed by atoms with Crippen LogP contribution in [0.25, 0.3) is 0 Å². The quantitative estimate of drug-likeness (QED) is 0.785. The number of sulfonamides is 1. The third-order valence-electron chi connectivity index (χ3n) is 2.36. The Bertz CT molecular complexity index is 541. The number of nitrogens with two attached hydrogens (primary N) is 1. The van der Waals surface area contributed by atoms with Crippen molar-refractivity contribution in [1.82, 2.24) is 5.32 Å². The first kappa shape index (κ1) is 13.7. The summed E-state index contributed by atoms with van der Waals surface area (Å²) in [6.45, 7) is 4.28. The van der Waals surface area contributed by atoms with E-state index in [0.29, 0.717) is 6.54 Å². The van der Waals surface area contributed by atoms with Gasteiger partial charge in [0.2, 0.25) is 10.0 Å². The molecule has 0 saturated carbocycles. The molecule has 0 bridgehead atoms. The molecule has 4 nitrogen and oxygen atoms in total. The molecule has 0 spiro atoms. The molecule has 0 amide bonds. The largest absolute Gasteiger partial charge is 0.300 e. The van der Waals surface area contributed by atoms with Gasteiger partial charge in [0, 0.05) is 6.04 Å². The molecule has 92 valence electrons. The molecule has 0 aliphatic rings. The van der Waals surface area contributed by atoms with Gasteiger partial charge in [0.05, 0.1) is 11.4 Å². The van der Waals surface area contributed by atoms with Crippen LogP contribution >= 0.6 is 0 Å². The Hall–Kier alpha value is -1.35. The number of hydrogen-bond acceptors (Lipinski definition) is 3. The minimum Gasteiger partial charge on any atom is -0.300 e. The average molecular weight is 252 g/mol. The van der Waals surface area contributed by atoms with E-state index in [1.165, 1.54) is 6.07 Å². The number of nitrogens with one attached hydrogen (secondary N) is 1. The lowest BCUT2D eigenvalue weighted by atomic mass is 10.1. The van der Waals surface area contributed by atoms with Crippen LogP contribution in [0.3, 0.4) is 0 Å². The topological polar surface area (TPSA) is 72.2 Å². The van der Waals surface area contributed by atoms with Crippen LogP contribution in [0.5, 0.6) is 0 Å². The zero-order chi connectivity index (χ0) is 12.9.